The number of benzene rings is 1. The highest BCUT2D eigenvalue weighted by atomic mass is 19.4. The van der Waals surface area contributed by atoms with Crippen molar-refractivity contribution in [3.8, 4) is 5.75 Å². The second-order valence-electron chi connectivity index (χ2n) is 5.07. The molecule has 1 heterocycles. The van der Waals surface area contributed by atoms with Crippen molar-refractivity contribution in [1.29, 1.82) is 0 Å². The minimum atomic E-state index is -4.31. The van der Waals surface area contributed by atoms with Gasteiger partial charge in [-0.25, -0.2) is 4.79 Å². The van der Waals surface area contributed by atoms with Gasteiger partial charge in [-0.2, -0.15) is 13.2 Å². The molecule has 0 atom stereocenters. The van der Waals surface area contributed by atoms with E-state index >= 15 is 0 Å². The first-order valence-corrected chi connectivity index (χ1v) is 6.93. The number of hydrogen-bond acceptors (Lipinski definition) is 2. The summed E-state index contributed by atoms with van der Waals surface area (Å²) < 4.78 is 37.5. The van der Waals surface area contributed by atoms with Gasteiger partial charge in [0.1, 0.15) is 5.75 Å². The lowest BCUT2D eigenvalue weighted by Crippen LogP contribution is -2.43. The molecular formula is C15H17F3N2O2. The molecule has 0 saturated heterocycles. The van der Waals surface area contributed by atoms with Gasteiger partial charge in [0.15, 0.2) is 0 Å². The highest BCUT2D eigenvalue weighted by Gasteiger charge is 2.35. The van der Waals surface area contributed by atoms with Gasteiger partial charge in [-0.15, -0.1) is 0 Å². The summed E-state index contributed by atoms with van der Waals surface area (Å²) in [7, 11) is 0. The van der Waals surface area contributed by atoms with Crippen LogP contribution >= 0.6 is 0 Å². The van der Waals surface area contributed by atoms with Crippen LogP contribution in [0.25, 0.3) is 0 Å². The summed E-state index contributed by atoms with van der Waals surface area (Å²) in [6, 6.07) is 6.31. The van der Waals surface area contributed by atoms with E-state index < -0.39 is 11.7 Å². The van der Waals surface area contributed by atoms with Gasteiger partial charge in [-0.3, -0.25) is 0 Å². The Morgan fingerprint density at radius 2 is 2.14 bits per heavy atom. The number of amides is 2. The van der Waals surface area contributed by atoms with Gasteiger partial charge < -0.3 is 15.3 Å². The van der Waals surface area contributed by atoms with Crippen LogP contribution in [0.4, 0.5) is 18.0 Å². The summed E-state index contributed by atoms with van der Waals surface area (Å²) in [6.07, 6.45) is -2.89. The second-order valence-corrected chi connectivity index (χ2v) is 5.07. The Kier molecular flexibility index (Phi) is 4.95. The molecule has 0 unspecified atom stereocenters. The third kappa shape index (κ3) is 4.41. The number of alkyl halides is 3. The van der Waals surface area contributed by atoms with Crippen LogP contribution in [-0.4, -0.2) is 41.8 Å². The summed E-state index contributed by atoms with van der Waals surface area (Å²) in [5.74, 6) is 0.157. The van der Waals surface area contributed by atoms with Crippen molar-refractivity contribution in [3.05, 3.63) is 41.5 Å². The predicted octanol–water partition coefficient (Wildman–Crippen LogP) is 2.84. The van der Waals surface area contributed by atoms with E-state index in [2.05, 4.69) is 5.32 Å². The third-order valence-electron chi connectivity index (χ3n) is 3.46. The molecule has 0 saturated carbocycles. The number of phenols is 1. The maximum absolute atomic E-state index is 12.5. The number of phenolic OH excluding ortho intramolecular Hbond substituents is 1. The molecule has 0 aliphatic carbocycles. The minimum Gasteiger partial charge on any atom is -0.508 e. The van der Waals surface area contributed by atoms with Gasteiger partial charge >= 0.3 is 12.2 Å². The second kappa shape index (κ2) is 6.72. The van der Waals surface area contributed by atoms with E-state index in [0.29, 0.717) is 13.0 Å². The molecule has 0 radical (unpaired) electrons. The van der Waals surface area contributed by atoms with Gasteiger partial charge in [-0.1, -0.05) is 18.2 Å². The number of nitrogens with one attached hydrogen (secondary N) is 1. The Bertz CT molecular complexity index is 570. The molecule has 4 nitrogen and oxygen atoms in total. The molecule has 1 aromatic rings. The third-order valence-corrected chi connectivity index (χ3v) is 3.46. The zero-order valence-electron chi connectivity index (χ0n) is 11.9. The van der Waals surface area contributed by atoms with Crippen LogP contribution < -0.4 is 5.32 Å². The molecular weight excluding hydrogens is 297 g/mol. The van der Waals surface area contributed by atoms with Crippen molar-refractivity contribution in [3.63, 3.8) is 0 Å². The van der Waals surface area contributed by atoms with E-state index in [0.717, 1.165) is 11.6 Å². The van der Waals surface area contributed by atoms with Crippen LogP contribution in [0, 0.1) is 0 Å². The average Bonchev–Trinajstić information content (AvgIpc) is 2.46. The number of carbonyl (C=O) groups is 1. The average molecular weight is 314 g/mol. The van der Waals surface area contributed by atoms with E-state index in [4.69, 9.17) is 0 Å². The first-order chi connectivity index (χ1) is 10.4. The number of aromatic hydroxyl groups is 1. The predicted molar refractivity (Wildman–Crippen MR) is 75.5 cm³/mol. The van der Waals surface area contributed by atoms with Gasteiger partial charge in [-0.05, 0) is 30.5 Å². The molecule has 0 fully saturated rings. The van der Waals surface area contributed by atoms with E-state index in [-0.39, 0.29) is 31.3 Å². The highest BCUT2D eigenvalue weighted by Crippen LogP contribution is 2.30. The van der Waals surface area contributed by atoms with E-state index in [9.17, 15) is 23.1 Å². The topological polar surface area (TPSA) is 52.6 Å². The summed E-state index contributed by atoms with van der Waals surface area (Å²) >= 11 is 0. The Hall–Kier alpha value is -2.18. The molecule has 2 amide bonds. The lowest BCUT2D eigenvalue weighted by atomic mass is 10.1. The molecule has 7 heteroatoms. The Morgan fingerprint density at radius 1 is 1.36 bits per heavy atom. The summed E-state index contributed by atoms with van der Waals surface area (Å²) in [6.45, 7) is 0.380. The standard InChI is InChI=1S/C15H17F3N2O2/c16-15(17,18)12-5-8-20(9-6-12)14(22)19-7-4-11-2-1-3-13(21)10-11/h1-3,5,10,21H,4,6-9H2,(H,19,22). The number of carbonyl (C=O) groups excluding carboxylic acids is 1. The number of rotatable bonds is 3. The highest BCUT2D eigenvalue weighted by molar-refractivity contribution is 5.74. The molecule has 2 N–H and O–H groups in total. The van der Waals surface area contributed by atoms with Crippen LogP contribution in [0.1, 0.15) is 12.0 Å². The number of nitrogens with zero attached hydrogens (tertiary/aromatic N) is 1. The molecule has 0 spiro atoms. The molecule has 2 rings (SSSR count). The zero-order valence-corrected chi connectivity index (χ0v) is 11.9. The van der Waals surface area contributed by atoms with E-state index in [1.165, 1.54) is 4.90 Å². The number of halogens is 3. The fourth-order valence-electron chi connectivity index (χ4n) is 2.25. The number of hydrogen-bond donors (Lipinski definition) is 2. The quantitative estimate of drug-likeness (QED) is 0.843. The normalized spacial score (nSPS) is 15.4. The zero-order chi connectivity index (χ0) is 16.2. The molecule has 120 valence electrons. The molecule has 0 aromatic heterocycles. The lowest BCUT2D eigenvalue weighted by molar-refractivity contribution is -0.0956. The molecule has 1 aliphatic heterocycles. The minimum absolute atomic E-state index is 0.0349. The van der Waals surface area contributed by atoms with Gasteiger partial charge in [0.25, 0.3) is 0 Å². The summed E-state index contributed by atoms with van der Waals surface area (Å²) in [5, 5.41) is 12.0. The van der Waals surface area contributed by atoms with Crippen molar-refractivity contribution in [2.75, 3.05) is 19.6 Å². The molecule has 0 bridgehead atoms. The number of urea groups is 1. The van der Waals surface area contributed by atoms with Gasteiger partial charge in [0, 0.05) is 25.2 Å². The largest absolute Gasteiger partial charge is 0.508 e. The van der Waals surface area contributed by atoms with Crippen LogP contribution in [-0.2, 0) is 6.42 Å². The summed E-state index contributed by atoms with van der Waals surface area (Å²) in [4.78, 5) is 13.2. The van der Waals surface area contributed by atoms with Crippen molar-refractivity contribution >= 4 is 6.03 Å². The van der Waals surface area contributed by atoms with Crippen LogP contribution in [0.15, 0.2) is 35.9 Å². The Balaban J connectivity index is 1.78. The Morgan fingerprint density at radius 3 is 2.73 bits per heavy atom. The van der Waals surface area contributed by atoms with Crippen molar-refractivity contribution < 1.29 is 23.1 Å². The van der Waals surface area contributed by atoms with Crippen molar-refractivity contribution in [2.24, 2.45) is 0 Å². The molecule has 22 heavy (non-hydrogen) atoms. The fourth-order valence-corrected chi connectivity index (χ4v) is 2.25. The Labute approximate surface area is 126 Å². The van der Waals surface area contributed by atoms with E-state index in [1.807, 2.05) is 6.07 Å². The lowest BCUT2D eigenvalue weighted by Gasteiger charge is -2.27. The first kappa shape index (κ1) is 16.2. The van der Waals surface area contributed by atoms with E-state index in [1.54, 1.807) is 18.2 Å². The first-order valence-electron chi connectivity index (χ1n) is 6.93. The van der Waals surface area contributed by atoms with Gasteiger partial charge in [0.2, 0.25) is 0 Å². The van der Waals surface area contributed by atoms with Crippen molar-refractivity contribution in [2.45, 2.75) is 19.0 Å². The SMILES string of the molecule is O=C(NCCc1cccc(O)c1)N1CC=C(C(F)(F)F)CC1. The maximum Gasteiger partial charge on any atom is 0.412 e. The van der Waals surface area contributed by atoms with Crippen molar-refractivity contribution in [1.82, 2.24) is 10.2 Å². The monoisotopic (exact) mass is 314 g/mol. The van der Waals surface area contributed by atoms with Crippen LogP contribution in [0.2, 0.25) is 0 Å². The smallest absolute Gasteiger partial charge is 0.412 e. The van der Waals surface area contributed by atoms with Crippen LogP contribution in [0.5, 0.6) is 5.75 Å². The molecule has 1 aliphatic rings. The van der Waals surface area contributed by atoms with Gasteiger partial charge in [0.05, 0.1) is 0 Å². The summed E-state index contributed by atoms with van der Waals surface area (Å²) in [5.41, 5.74) is 0.300. The van der Waals surface area contributed by atoms with Crippen LogP contribution in [0.3, 0.4) is 0 Å². The maximum atomic E-state index is 12.5. The molecule has 1 aromatic carbocycles. The fraction of sp³-hybridized carbons (Fsp3) is 0.400.